The van der Waals surface area contributed by atoms with Crippen LogP contribution in [0.4, 0.5) is 11.4 Å². The third kappa shape index (κ3) is 7.72. The summed E-state index contributed by atoms with van der Waals surface area (Å²) in [5.41, 5.74) is 23.1. The van der Waals surface area contributed by atoms with E-state index in [1.165, 1.54) is 12.5 Å². The van der Waals surface area contributed by atoms with E-state index >= 15 is 0 Å². The second kappa shape index (κ2) is 10.4. The van der Waals surface area contributed by atoms with Crippen molar-refractivity contribution in [1.82, 2.24) is 5.32 Å². The van der Waals surface area contributed by atoms with Crippen molar-refractivity contribution in [3.05, 3.63) is 58.7 Å². The lowest BCUT2D eigenvalue weighted by Gasteiger charge is -2.05. The first-order valence-electron chi connectivity index (χ1n) is 8.48. The number of nitrogens with one attached hydrogen (secondary N) is 1. The van der Waals surface area contributed by atoms with Gasteiger partial charge in [-0.3, -0.25) is 4.79 Å². The van der Waals surface area contributed by atoms with Crippen LogP contribution in [0.5, 0.6) is 0 Å². The van der Waals surface area contributed by atoms with Crippen molar-refractivity contribution in [2.24, 2.45) is 5.73 Å². The number of rotatable bonds is 5. The summed E-state index contributed by atoms with van der Waals surface area (Å²) in [7, 11) is 0. The monoisotopic (exact) mass is 342 g/mol. The molecule has 25 heavy (non-hydrogen) atoms. The molecule has 5 heteroatoms. The van der Waals surface area contributed by atoms with E-state index in [1.54, 1.807) is 0 Å². The first-order valence-corrected chi connectivity index (χ1v) is 8.48. The van der Waals surface area contributed by atoms with Crippen molar-refractivity contribution in [1.29, 1.82) is 0 Å². The van der Waals surface area contributed by atoms with E-state index in [-0.39, 0.29) is 5.91 Å². The Morgan fingerprint density at radius 1 is 0.920 bits per heavy atom. The van der Waals surface area contributed by atoms with Crippen LogP contribution in [0, 0.1) is 13.8 Å². The van der Waals surface area contributed by atoms with E-state index in [2.05, 4.69) is 11.4 Å². The van der Waals surface area contributed by atoms with Gasteiger partial charge >= 0.3 is 0 Å². The number of anilines is 2. The van der Waals surface area contributed by atoms with Gasteiger partial charge in [-0.05, 0) is 67.6 Å². The molecule has 0 saturated carbocycles. The van der Waals surface area contributed by atoms with Crippen LogP contribution < -0.4 is 22.5 Å². The number of hydrogen-bond donors (Lipinski definition) is 4. The fourth-order valence-electron chi connectivity index (χ4n) is 2.24. The van der Waals surface area contributed by atoms with Crippen molar-refractivity contribution in [3.63, 3.8) is 0 Å². The first kappa shape index (κ1) is 20.5. The minimum atomic E-state index is 0.00471. The van der Waals surface area contributed by atoms with E-state index in [4.69, 9.17) is 17.2 Å². The number of amides is 1. The molecule has 0 spiro atoms. The van der Waals surface area contributed by atoms with E-state index in [9.17, 15) is 4.79 Å². The zero-order chi connectivity index (χ0) is 18.8. The minimum Gasteiger partial charge on any atom is -0.399 e. The summed E-state index contributed by atoms with van der Waals surface area (Å²) in [6, 6.07) is 12.1. The predicted molar refractivity (Wildman–Crippen MR) is 106 cm³/mol. The molecule has 2 aromatic rings. The Morgan fingerprint density at radius 3 is 1.80 bits per heavy atom. The Kier molecular flexibility index (Phi) is 8.50. The topological polar surface area (TPSA) is 107 Å². The van der Waals surface area contributed by atoms with Gasteiger partial charge in [0.1, 0.15) is 0 Å². The van der Waals surface area contributed by atoms with Crippen molar-refractivity contribution < 1.29 is 4.79 Å². The SMILES string of the molecule is CC(=O)NCCc1ccc(C)c(N)c1.Cc1ccc(CCN)cc1N. The number of carbonyl (C=O) groups is 1. The van der Waals surface area contributed by atoms with Crippen molar-refractivity contribution in [3.8, 4) is 0 Å². The lowest BCUT2D eigenvalue weighted by molar-refractivity contribution is -0.118. The van der Waals surface area contributed by atoms with Gasteiger partial charge in [-0.25, -0.2) is 0 Å². The molecule has 2 aromatic carbocycles. The molecule has 0 aliphatic heterocycles. The third-order valence-electron chi connectivity index (χ3n) is 3.91. The molecule has 7 N–H and O–H groups in total. The lowest BCUT2D eigenvalue weighted by Crippen LogP contribution is -2.22. The molecule has 0 aliphatic carbocycles. The lowest BCUT2D eigenvalue weighted by atomic mass is 10.1. The quantitative estimate of drug-likeness (QED) is 0.626. The Bertz CT molecular complexity index is 698. The van der Waals surface area contributed by atoms with Gasteiger partial charge in [0.05, 0.1) is 0 Å². The number of hydrogen-bond acceptors (Lipinski definition) is 4. The van der Waals surface area contributed by atoms with E-state index < -0.39 is 0 Å². The van der Waals surface area contributed by atoms with Gasteiger partial charge in [0.25, 0.3) is 0 Å². The summed E-state index contributed by atoms with van der Waals surface area (Å²) >= 11 is 0. The molecule has 0 aliphatic rings. The van der Waals surface area contributed by atoms with Gasteiger partial charge in [0, 0.05) is 24.8 Å². The van der Waals surface area contributed by atoms with Crippen LogP contribution >= 0.6 is 0 Å². The first-order chi connectivity index (χ1) is 11.8. The highest BCUT2D eigenvalue weighted by Gasteiger charge is 1.97. The number of carbonyl (C=O) groups excluding carboxylic acids is 1. The summed E-state index contributed by atoms with van der Waals surface area (Å²) in [4.78, 5) is 10.6. The smallest absolute Gasteiger partial charge is 0.216 e. The number of benzene rings is 2. The van der Waals surface area contributed by atoms with Crippen molar-refractivity contribution >= 4 is 17.3 Å². The van der Waals surface area contributed by atoms with E-state index in [0.717, 1.165) is 40.9 Å². The molecular weight excluding hydrogens is 312 g/mol. The van der Waals surface area contributed by atoms with E-state index in [0.29, 0.717) is 13.1 Å². The predicted octanol–water partition coefficient (Wildman–Crippen LogP) is 2.33. The number of aryl methyl sites for hydroxylation is 2. The molecule has 0 aromatic heterocycles. The molecule has 0 bridgehead atoms. The molecule has 0 saturated heterocycles. The fraction of sp³-hybridized carbons (Fsp3) is 0.350. The Balaban J connectivity index is 0.000000257. The summed E-state index contributed by atoms with van der Waals surface area (Å²) in [6.07, 6.45) is 1.73. The minimum absolute atomic E-state index is 0.00471. The highest BCUT2D eigenvalue weighted by atomic mass is 16.1. The largest absolute Gasteiger partial charge is 0.399 e. The van der Waals surface area contributed by atoms with Gasteiger partial charge in [0.15, 0.2) is 0 Å². The van der Waals surface area contributed by atoms with Crippen LogP contribution in [0.25, 0.3) is 0 Å². The summed E-state index contributed by atoms with van der Waals surface area (Å²) in [5.74, 6) is 0.00471. The average molecular weight is 342 g/mol. The van der Waals surface area contributed by atoms with Gasteiger partial charge in [-0.2, -0.15) is 0 Å². The standard InChI is InChI=1S/C11H16N2O.C9H14N2/c1-8-3-4-10(7-11(8)12)5-6-13-9(2)14;1-7-2-3-8(4-5-10)6-9(7)11/h3-4,7H,5-6,12H2,1-2H3,(H,13,14);2-3,6H,4-5,10-11H2,1H3. The van der Waals surface area contributed by atoms with Crippen LogP contribution in [0.15, 0.2) is 36.4 Å². The second-order valence-corrected chi connectivity index (χ2v) is 6.15. The Morgan fingerprint density at radius 2 is 1.40 bits per heavy atom. The summed E-state index contributed by atoms with van der Waals surface area (Å²) in [5, 5.41) is 2.75. The van der Waals surface area contributed by atoms with Crippen LogP contribution in [-0.2, 0) is 17.6 Å². The van der Waals surface area contributed by atoms with E-state index in [1.807, 2.05) is 44.2 Å². The second-order valence-electron chi connectivity index (χ2n) is 6.15. The fourth-order valence-corrected chi connectivity index (χ4v) is 2.24. The van der Waals surface area contributed by atoms with Gasteiger partial charge in [-0.1, -0.05) is 24.3 Å². The molecule has 136 valence electrons. The normalized spacial score (nSPS) is 9.92. The third-order valence-corrected chi connectivity index (χ3v) is 3.91. The number of nitrogen functional groups attached to an aromatic ring is 2. The van der Waals surface area contributed by atoms with Crippen molar-refractivity contribution in [2.75, 3.05) is 24.6 Å². The van der Waals surface area contributed by atoms with Gasteiger partial charge in [-0.15, -0.1) is 0 Å². The van der Waals surface area contributed by atoms with Crippen LogP contribution in [0.1, 0.15) is 29.2 Å². The van der Waals surface area contributed by atoms with Gasteiger partial charge < -0.3 is 22.5 Å². The summed E-state index contributed by atoms with van der Waals surface area (Å²) < 4.78 is 0. The van der Waals surface area contributed by atoms with Crippen LogP contribution in [0.2, 0.25) is 0 Å². The molecule has 2 rings (SSSR count). The molecule has 5 nitrogen and oxygen atoms in total. The Labute approximate surface area is 150 Å². The molecule has 0 unspecified atom stereocenters. The van der Waals surface area contributed by atoms with Crippen LogP contribution in [0.3, 0.4) is 0 Å². The molecule has 0 atom stereocenters. The molecule has 0 radical (unpaired) electrons. The van der Waals surface area contributed by atoms with Crippen molar-refractivity contribution in [2.45, 2.75) is 33.6 Å². The molecule has 0 fully saturated rings. The zero-order valence-corrected chi connectivity index (χ0v) is 15.4. The molecular formula is C20H30N4O. The van der Waals surface area contributed by atoms with Crippen LogP contribution in [-0.4, -0.2) is 19.0 Å². The highest BCUT2D eigenvalue weighted by Crippen LogP contribution is 2.13. The number of nitrogens with two attached hydrogens (primary N) is 3. The van der Waals surface area contributed by atoms with Gasteiger partial charge in [0.2, 0.25) is 5.91 Å². The summed E-state index contributed by atoms with van der Waals surface area (Å²) in [6.45, 7) is 6.85. The maximum Gasteiger partial charge on any atom is 0.216 e. The average Bonchev–Trinajstić information content (AvgIpc) is 2.55. The maximum atomic E-state index is 10.6. The highest BCUT2D eigenvalue weighted by molar-refractivity contribution is 5.72. The zero-order valence-electron chi connectivity index (χ0n) is 15.4. The maximum absolute atomic E-state index is 10.6. The molecule has 0 heterocycles. The Hall–Kier alpha value is -2.53. The molecule has 1 amide bonds.